The maximum Gasteiger partial charge on any atom is 0.186 e. The molecule has 86 valence electrons. The second-order valence-corrected chi connectivity index (χ2v) is 4.64. The van der Waals surface area contributed by atoms with E-state index in [0.717, 1.165) is 6.61 Å². The van der Waals surface area contributed by atoms with Gasteiger partial charge in [-0.05, 0) is 13.8 Å². The van der Waals surface area contributed by atoms with Crippen LogP contribution in [-0.2, 0) is 23.7 Å². The van der Waals surface area contributed by atoms with E-state index >= 15 is 0 Å². The van der Waals surface area contributed by atoms with Gasteiger partial charge >= 0.3 is 0 Å². The first-order chi connectivity index (χ1) is 7.11. The molecule has 0 aromatic heterocycles. The molecule has 3 aliphatic rings. The van der Waals surface area contributed by atoms with E-state index in [4.69, 9.17) is 23.7 Å². The van der Waals surface area contributed by atoms with Crippen LogP contribution in [0.15, 0.2) is 0 Å². The summed E-state index contributed by atoms with van der Waals surface area (Å²) >= 11 is 0. The molecule has 3 saturated heterocycles. The number of hydrogen-bond donors (Lipinski definition) is 0. The molecule has 3 aliphatic heterocycles. The summed E-state index contributed by atoms with van der Waals surface area (Å²) in [6.45, 7) is 4.56. The van der Waals surface area contributed by atoms with Gasteiger partial charge in [0.1, 0.15) is 24.4 Å². The quantitative estimate of drug-likeness (QED) is 0.620. The van der Waals surface area contributed by atoms with Gasteiger partial charge < -0.3 is 23.7 Å². The van der Waals surface area contributed by atoms with Gasteiger partial charge in [0.2, 0.25) is 0 Å². The summed E-state index contributed by atoms with van der Waals surface area (Å²) in [5.41, 5.74) is 0. The molecule has 3 rings (SSSR count). The van der Waals surface area contributed by atoms with Crippen LogP contribution < -0.4 is 0 Å². The topological polar surface area (TPSA) is 49.5 Å². The van der Waals surface area contributed by atoms with Crippen molar-refractivity contribution in [3.8, 4) is 0 Å². The van der Waals surface area contributed by atoms with Crippen LogP contribution in [-0.4, -0.2) is 50.2 Å². The van der Waals surface area contributed by atoms with Crippen molar-refractivity contribution in [2.45, 2.75) is 50.3 Å². The number of methoxy groups -OCH3 is 1. The SMILES string of the molecule is CO[C@H]1O[C@H](C2CO2)[C@@H]2OC(C)(C)O[C@H]12. The maximum atomic E-state index is 5.81. The molecule has 0 amide bonds. The number of hydrogen-bond acceptors (Lipinski definition) is 5. The number of rotatable bonds is 2. The van der Waals surface area contributed by atoms with Crippen LogP contribution in [0.2, 0.25) is 0 Å². The second-order valence-electron chi connectivity index (χ2n) is 4.64. The number of fused-ring (bicyclic) bond motifs is 1. The highest BCUT2D eigenvalue weighted by Crippen LogP contribution is 2.42. The van der Waals surface area contributed by atoms with E-state index in [1.165, 1.54) is 0 Å². The first kappa shape index (κ1) is 9.99. The third-order valence-electron chi connectivity index (χ3n) is 3.00. The standard InChI is InChI=1S/C10H16O5/c1-10(2)14-7-6(5-4-12-5)13-9(11-3)8(7)15-10/h5-9H,4H2,1-3H3/t5?,6-,7+,8+,9+/m1/s1. The Balaban J connectivity index is 1.79. The normalized spacial score (nSPS) is 51.8. The summed E-state index contributed by atoms with van der Waals surface area (Å²) in [5.74, 6) is -0.553. The fraction of sp³-hybridized carbons (Fsp3) is 1.00. The summed E-state index contributed by atoms with van der Waals surface area (Å²) in [4.78, 5) is 0. The van der Waals surface area contributed by atoms with Gasteiger partial charge in [0.25, 0.3) is 0 Å². The minimum absolute atomic E-state index is 0.0540. The van der Waals surface area contributed by atoms with Gasteiger partial charge in [-0.25, -0.2) is 0 Å². The lowest BCUT2D eigenvalue weighted by Gasteiger charge is -2.22. The average Bonchev–Trinajstić information content (AvgIpc) is 2.87. The average molecular weight is 216 g/mol. The third kappa shape index (κ3) is 1.59. The van der Waals surface area contributed by atoms with Gasteiger partial charge in [-0.15, -0.1) is 0 Å². The molecule has 3 heterocycles. The molecule has 0 spiro atoms. The van der Waals surface area contributed by atoms with E-state index < -0.39 is 5.79 Å². The monoisotopic (exact) mass is 216 g/mol. The molecule has 15 heavy (non-hydrogen) atoms. The third-order valence-corrected chi connectivity index (χ3v) is 3.00. The molecule has 5 nitrogen and oxygen atoms in total. The zero-order valence-corrected chi connectivity index (χ0v) is 9.14. The Bertz CT molecular complexity index is 263. The Morgan fingerprint density at radius 2 is 1.80 bits per heavy atom. The Hall–Kier alpha value is -0.200. The smallest absolute Gasteiger partial charge is 0.186 e. The molecule has 0 radical (unpaired) electrons. The fourth-order valence-corrected chi connectivity index (χ4v) is 2.33. The van der Waals surface area contributed by atoms with E-state index in [9.17, 15) is 0 Å². The van der Waals surface area contributed by atoms with Gasteiger partial charge in [0, 0.05) is 7.11 Å². The molecule has 5 heteroatoms. The van der Waals surface area contributed by atoms with Crippen LogP contribution in [0, 0.1) is 0 Å². The first-order valence-electron chi connectivity index (χ1n) is 5.26. The molecule has 5 atom stereocenters. The number of ether oxygens (including phenoxy) is 5. The molecule has 0 N–H and O–H groups in total. The van der Waals surface area contributed by atoms with Crippen LogP contribution in [0.3, 0.4) is 0 Å². The van der Waals surface area contributed by atoms with Crippen molar-refractivity contribution in [2.24, 2.45) is 0 Å². The van der Waals surface area contributed by atoms with Gasteiger partial charge in [0.05, 0.1) is 6.61 Å². The van der Waals surface area contributed by atoms with Crippen LogP contribution in [0.1, 0.15) is 13.8 Å². The lowest BCUT2D eigenvalue weighted by atomic mass is 10.1. The Morgan fingerprint density at radius 3 is 2.40 bits per heavy atom. The van der Waals surface area contributed by atoms with Crippen molar-refractivity contribution in [3.05, 3.63) is 0 Å². The molecular formula is C10H16O5. The highest BCUT2D eigenvalue weighted by atomic mass is 16.8. The van der Waals surface area contributed by atoms with Crippen molar-refractivity contribution >= 4 is 0 Å². The largest absolute Gasteiger partial charge is 0.370 e. The van der Waals surface area contributed by atoms with Gasteiger partial charge in [-0.3, -0.25) is 0 Å². The lowest BCUT2D eigenvalue weighted by Crippen LogP contribution is -2.33. The second kappa shape index (κ2) is 3.15. The molecule has 0 saturated carbocycles. The highest BCUT2D eigenvalue weighted by Gasteiger charge is 2.59. The van der Waals surface area contributed by atoms with Gasteiger partial charge in [-0.2, -0.15) is 0 Å². The summed E-state index contributed by atoms with van der Waals surface area (Å²) in [6, 6.07) is 0. The molecule has 3 fully saturated rings. The van der Waals surface area contributed by atoms with E-state index in [1.807, 2.05) is 13.8 Å². The highest BCUT2D eigenvalue weighted by molar-refractivity contribution is 5.00. The predicted molar refractivity (Wildman–Crippen MR) is 49.2 cm³/mol. The zero-order valence-electron chi connectivity index (χ0n) is 9.14. The zero-order chi connectivity index (χ0) is 10.6. The van der Waals surface area contributed by atoms with Crippen LogP contribution >= 0.6 is 0 Å². The fourth-order valence-electron chi connectivity index (χ4n) is 2.33. The number of epoxide rings is 1. The molecule has 0 bridgehead atoms. The summed E-state index contributed by atoms with van der Waals surface area (Å²) in [5, 5.41) is 0. The van der Waals surface area contributed by atoms with E-state index in [1.54, 1.807) is 7.11 Å². The van der Waals surface area contributed by atoms with Crippen LogP contribution in [0.4, 0.5) is 0 Å². The van der Waals surface area contributed by atoms with Crippen LogP contribution in [0.25, 0.3) is 0 Å². The van der Waals surface area contributed by atoms with Gasteiger partial charge in [0.15, 0.2) is 12.1 Å². The molecular weight excluding hydrogens is 200 g/mol. The molecule has 0 aliphatic carbocycles. The first-order valence-corrected chi connectivity index (χ1v) is 5.26. The maximum absolute atomic E-state index is 5.81. The van der Waals surface area contributed by atoms with Crippen molar-refractivity contribution in [1.29, 1.82) is 0 Å². The van der Waals surface area contributed by atoms with Gasteiger partial charge in [-0.1, -0.05) is 0 Å². The predicted octanol–water partition coefficient (Wildman–Crippen LogP) is 0.277. The summed E-state index contributed by atoms with van der Waals surface area (Å²) in [6.07, 6.45) is -0.459. The van der Waals surface area contributed by atoms with E-state index in [0.29, 0.717) is 0 Å². The molecule has 0 aromatic rings. The summed E-state index contributed by atoms with van der Waals surface area (Å²) in [7, 11) is 1.62. The molecule has 1 unspecified atom stereocenters. The minimum Gasteiger partial charge on any atom is -0.370 e. The van der Waals surface area contributed by atoms with E-state index in [-0.39, 0.29) is 30.7 Å². The molecule has 0 aromatic carbocycles. The minimum atomic E-state index is -0.553. The lowest BCUT2D eigenvalue weighted by molar-refractivity contribution is -0.228. The summed E-state index contributed by atoms with van der Waals surface area (Å²) < 4.78 is 27.8. The van der Waals surface area contributed by atoms with Crippen molar-refractivity contribution < 1.29 is 23.7 Å². The van der Waals surface area contributed by atoms with Crippen molar-refractivity contribution in [1.82, 2.24) is 0 Å². The Morgan fingerprint density at radius 1 is 1.13 bits per heavy atom. The van der Waals surface area contributed by atoms with Crippen molar-refractivity contribution in [2.75, 3.05) is 13.7 Å². The van der Waals surface area contributed by atoms with Crippen LogP contribution in [0.5, 0.6) is 0 Å². The Labute approximate surface area is 88.6 Å². The van der Waals surface area contributed by atoms with Crippen molar-refractivity contribution in [3.63, 3.8) is 0 Å². The van der Waals surface area contributed by atoms with E-state index in [2.05, 4.69) is 0 Å². The Kier molecular flexibility index (Phi) is 2.10.